The van der Waals surface area contributed by atoms with E-state index < -0.39 is 0 Å². The first-order valence-electron chi connectivity index (χ1n) is 5.48. The van der Waals surface area contributed by atoms with Crippen molar-refractivity contribution < 1.29 is 0 Å². The quantitative estimate of drug-likeness (QED) is 0.934. The number of rotatable bonds is 4. The molecule has 0 aliphatic rings. The van der Waals surface area contributed by atoms with Crippen molar-refractivity contribution in [3.05, 3.63) is 28.2 Å². The zero-order valence-electron chi connectivity index (χ0n) is 10.4. The molecule has 1 heterocycles. The van der Waals surface area contributed by atoms with Crippen molar-refractivity contribution in [2.75, 3.05) is 7.05 Å². The zero-order valence-corrected chi connectivity index (χ0v) is 12.8. The second-order valence-electron chi connectivity index (χ2n) is 3.88. The molecule has 18 heavy (non-hydrogen) atoms. The van der Waals surface area contributed by atoms with Crippen LogP contribution in [0.15, 0.2) is 32.7 Å². The van der Waals surface area contributed by atoms with Gasteiger partial charge in [-0.1, -0.05) is 22.0 Å². The maximum atomic E-state index is 4.00. The van der Waals surface area contributed by atoms with E-state index in [-0.39, 0.29) is 6.04 Å². The summed E-state index contributed by atoms with van der Waals surface area (Å²) in [6, 6.07) is 6.52. The van der Waals surface area contributed by atoms with Gasteiger partial charge in [-0.15, -0.1) is 5.10 Å². The van der Waals surface area contributed by atoms with E-state index in [1.54, 1.807) is 16.4 Å². The fourth-order valence-corrected chi connectivity index (χ4v) is 3.02. The molecule has 1 N–H and O–H groups in total. The number of hydrogen-bond acceptors (Lipinski definition) is 5. The van der Waals surface area contributed by atoms with Crippen LogP contribution in [-0.4, -0.2) is 27.3 Å². The maximum absolute atomic E-state index is 4.00. The van der Waals surface area contributed by atoms with E-state index in [1.807, 2.05) is 20.2 Å². The minimum atomic E-state index is 0.279. The zero-order chi connectivity index (χ0) is 13.1. The Labute approximate surface area is 118 Å². The predicted molar refractivity (Wildman–Crippen MR) is 74.5 cm³/mol. The second kappa shape index (κ2) is 5.81. The molecular formula is C11H14BrN5S. The van der Waals surface area contributed by atoms with Crippen LogP contribution >= 0.6 is 27.7 Å². The van der Waals surface area contributed by atoms with E-state index in [1.165, 1.54) is 5.56 Å². The average Bonchev–Trinajstić information content (AvgIpc) is 2.74. The Hall–Kier alpha value is -0.920. The lowest BCUT2D eigenvalue weighted by molar-refractivity contribution is 0.639. The average molecular weight is 328 g/mol. The van der Waals surface area contributed by atoms with Crippen molar-refractivity contribution in [3.8, 4) is 0 Å². The Balaban J connectivity index is 2.36. The molecule has 1 aromatic carbocycles. The molecule has 0 saturated heterocycles. The van der Waals surface area contributed by atoms with Crippen molar-refractivity contribution in [2.24, 2.45) is 7.05 Å². The number of nitrogens with one attached hydrogen (secondary N) is 1. The Kier molecular flexibility index (Phi) is 4.36. The first-order chi connectivity index (χ1) is 8.61. The van der Waals surface area contributed by atoms with Crippen LogP contribution in [0.4, 0.5) is 0 Å². The van der Waals surface area contributed by atoms with E-state index in [9.17, 15) is 0 Å². The molecule has 0 saturated carbocycles. The van der Waals surface area contributed by atoms with Crippen LogP contribution in [0, 0.1) is 0 Å². The highest BCUT2D eigenvalue weighted by molar-refractivity contribution is 9.10. The Morgan fingerprint density at radius 1 is 1.44 bits per heavy atom. The third-order valence-corrected chi connectivity index (χ3v) is 4.25. The Bertz CT molecular complexity index is 542. The van der Waals surface area contributed by atoms with Gasteiger partial charge in [0.1, 0.15) is 0 Å². The number of nitrogens with zero attached hydrogens (tertiary/aromatic N) is 4. The highest BCUT2D eigenvalue weighted by atomic mass is 79.9. The minimum Gasteiger partial charge on any atom is -0.313 e. The van der Waals surface area contributed by atoms with Gasteiger partial charge >= 0.3 is 0 Å². The normalized spacial score (nSPS) is 12.7. The van der Waals surface area contributed by atoms with Crippen LogP contribution in [0.3, 0.4) is 0 Å². The molecule has 0 radical (unpaired) electrons. The number of hydrogen-bond donors (Lipinski definition) is 1. The van der Waals surface area contributed by atoms with Gasteiger partial charge in [-0.3, -0.25) is 0 Å². The largest absolute Gasteiger partial charge is 0.313 e. The summed E-state index contributed by atoms with van der Waals surface area (Å²) >= 11 is 5.06. The summed E-state index contributed by atoms with van der Waals surface area (Å²) in [5.74, 6) is 0. The lowest BCUT2D eigenvalue weighted by Crippen LogP contribution is -2.13. The summed E-state index contributed by atoms with van der Waals surface area (Å²) in [6.45, 7) is 2.13. The van der Waals surface area contributed by atoms with Crippen LogP contribution in [-0.2, 0) is 7.05 Å². The molecule has 1 aromatic heterocycles. The molecule has 0 fully saturated rings. The smallest absolute Gasteiger partial charge is 0.213 e. The molecule has 1 unspecified atom stereocenters. The summed E-state index contributed by atoms with van der Waals surface area (Å²) in [6.07, 6.45) is 0. The van der Waals surface area contributed by atoms with Gasteiger partial charge in [-0.05, 0) is 53.9 Å². The minimum absolute atomic E-state index is 0.279. The maximum Gasteiger partial charge on any atom is 0.213 e. The molecule has 2 aromatic rings. The number of aromatic nitrogens is 4. The molecule has 0 amide bonds. The van der Waals surface area contributed by atoms with Crippen molar-refractivity contribution in [3.63, 3.8) is 0 Å². The molecule has 0 bridgehead atoms. The van der Waals surface area contributed by atoms with Gasteiger partial charge in [0.25, 0.3) is 0 Å². The summed E-state index contributed by atoms with van der Waals surface area (Å²) in [7, 11) is 3.78. The predicted octanol–water partition coefficient (Wildman–Crippen LogP) is 2.40. The van der Waals surface area contributed by atoms with Gasteiger partial charge in [0.05, 0.1) is 0 Å². The van der Waals surface area contributed by atoms with Gasteiger partial charge < -0.3 is 5.32 Å². The van der Waals surface area contributed by atoms with Gasteiger partial charge in [-0.2, -0.15) is 0 Å². The van der Waals surface area contributed by atoms with E-state index in [0.717, 1.165) is 14.5 Å². The molecule has 0 spiro atoms. The van der Waals surface area contributed by atoms with Crippen molar-refractivity contribution in [1.29, 1.82) is 0 Å². The summed E-state index contributed by atoms with van der Waals surface area (Å²) in [4.78, 5) is 1.14. The van der Waals surface area contributed by atoms with Crippen LogP contribution in [0.5, 0.6) is 0 Å². The molecule has 7 heteroatoms. The topological polar surface area (TPSA) is 55.6 Å². The lowest BCUT2D eigenvalue weighted by atomic mass is 10.1. The van der Waals surface area contributed by atoms with E-state index >= 15 is 0 Å². The van der Waals surface area contributed by atoms with Gasteiger partial charge in [0, 0.05) is 22.5 Å². The molecule has 0 aliphatic carbocycles. The van der Waals surface area contributed by atoms with Gasteiger partial charge in [0.15, 0.2) is 0 Å². The number of aryl methyl sites for hydroxylation is 1. The summed E-state index contributed by atoms with van der Waals surface area (Å²) < 4.78 is 2.71. The third kappa shape index (κ3) is 2.90. The van der Waals surface area contributed by atoms with Gasteiger partial charge in [0.2, 0.25) is 5.16 Å². The Morgan fingerprint density at radius 2 is 2.22 bits per heavy atom. The number of benzene rings is 1. The second-order valence-corrected chi connectivity index (χ2v) is 5.80. The number of halogens is 1. The Morgan fingerprint density at radius 3 is 2.83 bits per heavy atom. The molecule has 96 valence electrons. The van der Waals surface area contributed by atoms with Crippen molar-refractivity contribution in [1.82, 2.24) is 25.5 Å². The van der Waals surface area contributed by atoms with Crippen LogP contribution < -0.4 is 5.32 Å². The molecule has 1 atom stereocenters. The van der Waals surface area contributed by atoms with E-state index in [4.69, 9.17) is 0 Å². The molecule has 0 aliphatic heterocycles. The highest BCUT2D eigenvalue weighted by Crippen LogP contribution is 2.33. The third-order valence-electron chi connectivity index (χ3n) is 2.66. The van der Waals surface area contributed by atoms with Crippen LogP contribution in [0.2, 0.25) is 0 Å². The standard InChI is InChI=1S/C11H14BrN5S/c1-7(13-2)9-5-4-8(12)6-10(9)18-11-14-15-16-17(11)3/h4-7,13H,1-3H3. The highest BCUT2D eigenvalue weighted by Gasteiger charge is 2.13. The van der Waals surface area contributed by atoms with E-state index in [2.05, 4.69) is 55.8 Å². The number of tetrazole rings is 1. The van der Waals surface area contributed by atoms with Crippen LogP contribution in [0.1, 0.15) is 18.5 Å². The molecule has 2 rings (SSSR count). The van der Waals surface area contributed by atoms with Crippen molar-refractivity contribution >= 4 is 27.7 Å². The SMILES string of the molecule is CNC(C)c1ccc(Br)cc1Sc1nnnn1C. The fraction of sp³-hybridized carbons (Fsp3) is 0.364. The molecular weight excluding hydrogens is 314 g/mol. The fourth-order valence-electron chi connectivity index (χ4n) is 1.52. The monoisotopic (exact) mass is 327 g/mol. The van der Waals surface area contributed by atoms with Crippen molar-refractivity contribution in [2.45, 2.75) is 23.0 Å². The summed E-state index contributed by atoms with van der Waals surface area (Å²) in [5.41, 5.74) is 1.23. The van der Waals surface area contributed by atoms with Gasteiger partial charge in [-0.25, -0.2) is 4.68 Å². The summed E-state index contributed by atoms with van der Waals surface area (Å²) in [5, 5.41) is 15.5. The molecule has 5 nitrogen and oxygen atoms in total. The first kappa shape index (κ1) is 13.5. The van der Waals surface area contributed by atoms with E-state index in [0.29, 0.717) is 0 Å². The first-order valence-corrected chi connectivity index (χ1v) is 7.09. The van der Waals surface area contributed by atoms with Crippen LogP contribution in [0.25, 0.3) is 0 Å². The lowest BCUT2D eigenvalue weighted by Gasteiger charge is -2.15.